The zero-order valence-electron chi connectivity index (χ0n) is 12.3. The number of hydrogen-bond donors (Lipinski definition) is 3. The fraction of sp³-hybridized carbons (Fsp3) is 0.846. The summed E-state index contributed by atoms with van der Waals surface area (Å²) in [5, 5.41) is 20.6. The normalized spacial score (nSPS) is 14.0. The highest BCUT2D eigenvalue weighted by Crippen LogP contribution is 2.20. The summed E-state index contributed by atoms with van der Waals surface area (Å²) in [5.74, 6) is -0.915. The maximum atomic E-state index is 12.0. The molecule has 6 nitrogen and oxygen atoms in total. The van der Waals surface area contributed by atoms with Gasteiger partial charge in [0, 0.05) is 25.7 Å². The highest BCUT2D eigenvalue weighted by molar-refractivity contribution is 5.78. The number of carboxylic acid groups (broad SMARTS) is 1. The van der Waals surface area contributed by atoms with E-state index in [9.17, 15) is 9.59 Å². The van der Waals surface area contributed by atoms with Crippen LogP contribution in [-0.2, 0) is 4.79 Å². The molecule has 2 amide bonds. The van der Waals surface area contributed by atoms with Crippen LogP contribution in [-0.4, -0.2) is 52.9 Å². The smallest absolute Gasteiger partial charge is 0.317 e. The van der Waals surface area contributed by atoms with Crippen molar-refractivity contribution in [1.82, 2.24) is 10.2 Å². The summed E-state index contributed by atoms with van der Waals surface area (Å²) in [4.78, 5) is 24.8. The molecule has 0 saturated heterocycles. The van der Waals surface area contributed by atoms with Gasteiger partial charge in [-0.15, -0.1) is 0 Å². The molecule has 3 N–H and O–H groups in total. The van der Waals surface area contributed by atoms with Gasteiger partial charge in [0.1, 0.15) is 0 Å². The monoisotopic (exact) mass is 274 g/mol. The maximum Gasteiger partial charge on any atom is 0.317 e. The Kier molecular flexibility index (Phi) is 7.44. The second-order valence-corrected chi connectivity index (χ2v) is 5.24. The largest absolute Gasteiger partial charge is 0.481 e. The molecule has 0 aromatic carbocycles. The number of hydrogen-bond acceptors (Lipinski definition) is 3. The lowest BCUT2D eigenvalue weighted by Gasteiger charge is -2.29. The first-order chi connectivity index (χ1) is 8.78. The average molecular weight is 274 g/mol. The number of carbonyl (C=O) groups excluding carboxylic acids is 1. The molecule has 0 saturated carbocycles. The number of nitrogens with one attached hydrogen (secondary N) is 1. The number of aliphatic hydroxyl groups is 1. The van der Waals surface area contributed by atoms with Gasteiger partial charge in [0.2, 0.25) is 0 Å². The van der Waals surface area contributed by atoms with E-state index in [0.29, 0.717) is 19.4 Å². The molecular formula is C13H26N2O4. The Morgan fingerprint density at radius 3 is 2.32 bits per heavy atom. The van der Waals surface area contributed by atoms with Gasteiger partial charge in [-0.2, -0.15) is 0 Å². The second kappa shape index (κ2) is 7.99. The van der Waals surface area contributed by atoms with Crippen LogP contribution in [0.15, 0.2) is 0 Å². The van der Waals surface area contributed by atoms with Gasteiger partial charge >= 0.3 is 12.0 Å². The third-order valence-corrected chi connectivity index (χ3v) is 3.37. The van der Waals surface area contributed by atoms with Crippen molar-refractivity contribution < 1.29 is 19.8 Å². The van der Waals surface area contributed by atoms with Crippen LogP contribution in [0.2, 0.25) is 0 Å². The van der Waals surface area contributed by atoms with Crippen LogP contribution in [0.25, 0.3) is 0 Å². The molecule has 112 valence electrons. The topological polar surface area (TPSA) is 89.9 Å². The highest BCUT2D eigenvalue weighted by Gasteiger charge is 2.32. The molecule has 0 heterocycles. The molecule has 1 unspecified atom stereocenters. The van der Waals surface area contributed by atoms with Crippen molar-refractivity contribution in [2.75, 3.05) is 19.7 Å². The molecule has 0 aliphatic heterocycles. The molecule has 0 aromatic heterocycles. The Hall–Kier alpha value is -1.30. The predicted molar refractivity (Wildman–Crippen MR) is 73.0 cm³/mol. The minimum atomic E-state index is -0.949. The number of aliphatic carboxylic acids is 1. The second-order valence-electron chi connectivity index (χ2n) is 5.24. The van der Waals surface area contributed by atoms with E-state index in [2.05, 4.69) is 5.32 Å². The van der Waals surface area contributed by atoms with Crippen molar-refractivity contribution >= 4 is 12.0 Å². The fourth-order valence-corrected chi connectivity index (χ4v) is 1.56. The Balaban J connectivity index is 4.52. The summed E-state index contributed by atoms with van der Waals surface area (Å²) in [7, 11) is 0. The lowest BCUT2D eigenvalue weighted by molar-refractivity contribution is -0.147. The van der Waals surface area contributed by atoms with E-state index >= 15 is 0 Å². The van der Waals surface area contributed by atoms with Crippen molar-refractivity contribution in [2.45, 2.75) is 46.6 Å². The number of rotatable bonds is 8. The summed E-state index contributed by atoms with van der Waals surface area (Å²) in [6, 6.07) is -0.284. The first kappa shape index (κ1) is 17.7. The van der Waals surface area contributed by atoms with Crippen molar-refractivity contribution in [3.63, 3.8) is 0 Å². The average Bonchev–Trinajstić information content (AvgIpc) is 2.35. The summed E-state index contributed by atoms with van der Waals surface area (Å²) in [5.41, 5.74) is -0.949. The van der Waals surface area contributed by atoms with Gasteiger partial charge in [0.25, 0.3) is 0 Å². The molecule has 1 atom stereocenters. The number of amides is 2. The standard InChI is InChI=1S/C13H26N2O4/c1-5-13(4,11(17)18)9-14-12(19)15(10(2)3)7-6-8-16/h10,16H,5-9H2,1-4H3,(H,14,19)(H,17,18). The number of aliphatic hydroxyl groups excluding tert-OH is 1. The van der Waals surface area contributed by atoms with Crippen molar-refractivity contribution in [2.24, 2.45) is 5.41 Å². The molecule has 19 heavy (non-hydrogen) atoms. The van der Waals surface area contributed by atoms with Gasteiger partial charge in [0.15, 0.2) is 0 Å². The number of urea groups is 1. The van der Waals surface area contributed by atoms with Crippen LogP contribution in [0.4, 0.5) is 4.79 Å². The van der Waals surface area contributed by atoms with E-state index in [0.717, 1.165) is 0 Å². The number of carbonyl (C=O) groups is 2. The molecule has 0 spiro atoms. The van der Waals surface area contributed by atoms with Crippen molar-refractivity contribution in [1.29, 1.82) is 0 Å². The zero-order valence-corrected chi connectivity index (χ0v) is 12.3. The van der Waals surface area contributed by atoms with Crippen molar-refractivity contribution in [3.8, 4) is 0 Å². The van der Waals surface area contributed by atoms with Gasteiger partial charge in [-0.3, -0.25) is 4.79 Å². The molecule has 0 fully saturated rings. The molecule has 0 aliphatic carbocycles. The first-order valence-corrected chi connectivity index (χ1v) is 6.67. The molecule has 0 rings (SSSR count). The van der Waals surface area contributed by atoms with E-state index in [1.165, 1.54) is 0 Å². The van der Waals surface area contributed by atoms with Crippen LogP contribution < -0.4 is 5.32 Å². The van der Waals surface area contributed by atoms with E-state index < -0.39 is 11.4 Å². The molecule has 0 bridgehead atoms. The van der Waals surface area contributed by atoms with Gasteiger partial charge in [-0.05, 0) is 33.6 Å². The van der Waals surface area contributed by atoms with Crippen LogP contribution in [0, 0.1) is 5.41 Å². The Morgan fingerprint density at radius 2 is 1.95 bits per heavy atom. The molecular weight excluding hydrogens is 248 g/mol. The summed E-state index contributed by atoms with van der Waals surface area (Å²) >= 11 is 0. The molecule has 0 aromatic rings. The summed E-state index contributed by atoms with van der Waals surface area (Å²) in [6.07, 6.45) is 0.955. The van der Waals surface area contributed by atoms with Crippen LogP contribution in [0.1, 0.15) is 40.5 Å². The van der Waals surface area contributed by atoms with Gasteiger partial charge in [-0.25, -0.2) is 4.79 Å². The lowest BCUT2D eigenvalue weighted by Crippen LogP contribution is -2.49. The van der Waals surface area contributed by atoms with E-state index in [1.807, 2.05) is 13.8 Å². The minimum Gasteiger partial charge on any atom is -0.481 e. The lowest BCUT2D eigenvalue weighted by atomic mass is 9.88. The molecule has 0 radical (unpaired) electrons. The third kappa shape index (κ3) is 5.46. The van der Waals surface area contributed by atoms with Gasteiger partial charge < -0.3 is 20.4 Å². The molecule has 6 heteroatoms. The quantitative estimate of drug-likeness (QED) is 0.622. The van der Waals surface area contributed by atoms with E-state index in [-0.39, 0.29) is 25.2 Å². The third-order valence-electron chi connectivity index (χ3n) is 3.37. The van der Waals surface area contributed by atoms with Crippen LogP contribution >= 0.6 is 0 Å². The fourth-order valence-electron chi connectivity index (χ4n) is 1.56. The minimum absolute atomic E-state index is 0.00395. The summed E-state index contributed by atoms with van der Waals surface area (Å²) in [6.45, 7) is 7.74. The first-order valence-electron chi connectivity index (χ1n) is 6.67. The highest BCUT2D eigenvalue weighted by atomic mass is 16.4. The number of carboxylic acids is 1. The van der Waals surface area contributed by atoms with Gasteiger partial charge in [-0.1, -0.05) is 6.92 Å². The SMILES string of the molecule is CCC(C)(CNC(=O)N(CCCO)C(C)C)C(=O)O. The van der Waals surface area contributed by atoms with Gasteiger partial charge in [0.05, 0.1) is 5.41 Å². The predicted octanol–water partition coefficient (Wildman–Crippen LogP) is 1.29. The Bertz CT molecular complexity index is 307. The molecule has 0 aliphatic rings. The van der Waals surface area contributed by atoms with Crippen molar-refractivity contribution in [3.05, 3.63) is 0 Å². The van der Waals surface area contributed by atoms with E-state index in [1.54, 1.807) is 18.7 Å². The Morgan fingerprint density at radius 1 is 1.37 bits per heavy atom. The summed E-state index contributed by atoms with van der Waals surface area (Å²) < 4.78 is 0. The van der Waals surface area contributed by atoms with Crippen LogP contribution in [0.3, 0.4) is 0 Å². The maximum absolute atomic E-state index is 12.0. The number of nitrogens with zero attached hydrogens (tertiary/aromatic N) is 1. The van der Waals surface area contributed by atoms with E-state index in [4.69, 9.17) is 10.2 Å². The van der Waals surface area contributed by atoms with Crippen LogP contribution in [0.5, 0.6) is 0 Å². The zero-order chi connectivity index (χ0) is 15.1. The Labute approximate surface area is 114 Å².